The second kappa shape index (κ2) is 4.81. The summed E-state index contributed by atoms with van der Waals surface area (Å²) in [5, 5.41) is 0.363. The van der Waals surface area contributed by atoms with Gasteiger partial charge in [-0.1, -0.05) is 13.3 Å². The predicted octanol–water partition coefficient (Wildman–Crippen LogP) is 2.64. The molecule has 1 heterocycles. The van der Waals surface area contributed by atoms with Crippen molar-refractivity contribution in [1.82, 2.24) is 0 Å². The number of carbonyl (C=O) groups excluding carboxylic acids is 1. The number of hydrogen-bond acceptors (Lipinski definition) is 2. The van der Waals surface area contributed by atoms with Gasteiger partial charge in [0.15, 0.2) is 0 Å². The quantitative estimate of drug-likeness (QED) is 0.648. The summed E-state index contributed by atoms with van der Waals surface area (Å²) in [4.78, 5) is 11.4. The van der Waals surface area contributed by atoms with E-state index in [4.69, 9.17) is 0 Å². The first-order valence-corrected chi connectivity index (χ1v) is 5.53. The average molecular weight is 172 g/mol. The Morgan fingerprint density at radius 3 is 3.00 bits per heavy atom. The highest BCUT2D eigenvalue weighted by Gasteiger charge is 2.21. The highest BCUT2D eigenvalue weighted by atomic mass is 32.2. The Morgan fingerprint density at radius 1 is 1.64 bits per heavy atom. The van der Waals surface area contributed by atoms with Crippen LogP contribution in [0.15, 0.2) is 0 Å². The predicted molar refractivity (Wildman–Crippen MR) is 50.0 cm³/mol. The zero-order valence-corrected chi connectivity index (χ0v) is 7.95. The molecule has 0 saturated carbocycles. The summed E-state index contributed by atoms with van der Waals surface area (Å²) >= 11 is 1.85. The van der Waals surface area contributed by atoms with Crippen LogP contribution in [0.1, 0.15) is 39.0 Å². The van der Waals surface area contributed by atoms with Crippen LogP contribution in [0.4, 0.5) is 0 Å². The lowest BCUT2D eigenvalue weighted by Crippen LogP contribution is -2.12. The monoisotopic (exact) mass is 172 g/mol. The van der Waals surface area contributed by atoms with E-state index in [0.29, 0.717) is 11.0 Å². The fourth-order valence-electron chi connectivity index (χ4n) is 1.34. The van der Waals surface area contributed by atoms with Crippen molar-refractivity contribution in [2.75, 3.05) is 5.75 Å². The molecule has 1 saturated heterocycles. The number of thioether (sulfide) groups is 1. The summed E-state index contributed by atoms with van der Waals surface area (Å²) < 4.78 is 0. The molecule has 0 aromatic rings. The van der Waals surface area contributed by atoms with E-state index in [2.05, 4.69) is 6.92 Å². The van der Waals surface area contributed by atoms with Crippen molar-refractivity contribution in [2.45, 2.75) is 44.3 Å². The van der Waals surface area contributed by atoms with Crippen molar-refractivity contribution < 1.29 is 4.79 Å². The molecule has 0 radical (unpaired) electrons. The molecular formula is C9H16OS. The molecule has 11 heavy (non-hydrogen) atoms. The van der Waals surface area contributed by atoms with E-state index in [1.165, 1.54) is 12.2 Å². The maximum Gasteiger partial charge on any atom is 0.145 e. The van der Waals surface area contributed by atoms with E-state index in [0.717, 1.165) is 25.7 Å². The van der Waals surface area contributed by atoms with Crippen LogP contribution in [0, 0.1) is 0 Å². The summed E-state index contributed by atoms with van der Waals surface area (Å²) in [5.41, 5.74) is 0. The normalized spacial score (nSPS) is 23.9. The third-order valence-corrected chi connectivity index (χ3v) is 3.49. The highest BCUT2D eigenvalue weighted by molar-refractivity contribution is 8.00. The fraction of sp³-hybridized carbons (Fsp3) is 0.889. The van der Waals surface area contributed by atoms with Gasteiger partial charge in [0.05, 0.1) is 5.25 Å². The Hall–Kier alpha value is 0.0200. The Balaban J connectivity index is 2.17. The first-order valence-electron chi connectivity index (χ1n) is 4.49. The molecule has 1 unspecified atom stereocenters. The average Bonchev–Trinajstić information content (AvgIpc) is 2.52. The maximum atomic E-state index is 11.4. The van der Waals surface area contributed by atoms with Gasteiger partial charge < -0.3 is 0 Å². The first-order chi connectivity index (χ1) is 5.34. The lowest BCUT2D eigenvalue weighted by atomic mass is 10.1. The lowest BCUT2D eigenvalue weighted by Gasteiger charge is -2.05. The zero-order chi connectivity index (χ0) is 8.10. The molecule has 0 N–H and O–H groups in total. The molecule has 2 heteroatoms. The molecule has 1 fully saturated rings. The van der Waals surface area contributed by atoms with Gasteiger partial charge in [-0.2, -0.15) is 11.8 Å². The third kappa shape index (κ3) is 2.86. The number of rotatable bonds is 4. The summed E-state index contributed by atoms with van der Waals surface area (Å²) in [7, 11) is 0. The largest absolute Gasteiger partial charge is 0.298 e. The Morgan fingerprint density at radius 2 is 2.45 bits per heavy atom. The minimum atomic E-state index is 0.363. The summed E-state index contributed by atoms with van der Waals surface area (Å²) in [6.45, 7) is 2.13. The molecule has 1 rings (SSSR count). The molecule has 1 aliphatic heterocycles. The van der Waals surface area contributed by atoms with Crippen LogP contribution in [0.25, 0.3) is 0 Å². The highest BCUT2D eigenvalue weighted by Crippen LogP contribution is 2.27. The molecule has 0 aliphatic carbocycles. The third-order valence-electron chi connectivity index (χ3n) is 2.07. The van der Waals surface area contributed by atoms with Crippen LogP contribution in [0.2, 0.25) is 0 Å². The van der Waals surface area contributed by atoms with E-state index >= 15 is 0 Å². The van der Waals surface area contributed by atoms with Crippen LogP contribution in [-0.4, -0.2) is 16.8 Å². The van der Waals surface area contributed by atoms with Crippen molar-refractivity contribution in [1.29, 1.82) is 0 Å². The molecule has 0 aromatic carbocycles. The van der Waals surface area contributed by atoms with Gasteiger partial charge in [0.1, 0.15) is 5.78 Å². The van der Waals surface area contributed by atoms with Crippen LogP contribution in [0.5, 0.6) is 0 Å². The van der Waals surface area contributed by atoms with Gasteiger partial charge in [-0.25, -0.2) is 0 Å². The van der Waals surface area contributed by atoms with E-state index in [-0.39, 0.29) is 0 Å². The van der Waals surface area contributed by atoms with Gasteiger partial charge in [0.2, 0.25) is 0 Å². The second-order valence-electron chi connectivity index (χ2n) is 3.07. The van der Waals surface area contributed by atoms with Crippen molar-refractivity contribution >= 4 is 17.5 Å². The fourth-order valence-corrected chi connectivity index (χ4v) is 2.60. The maximum absolute atomic E-state index is 11.4. The molecule has 1 atom stereocenters. The van der Waals surface area contributed by atoms with E-state index < -0.39 is 0 Å². The Kier molecular flexibility index (Phi) is 3.98. The van der Waals surface area contributed by atoms with Gasteiger partial charge in [0.25, 0.3) is 0 Å². The molecule has 0 aromatic heterocycles. The van der Waals surface area contributed by atoms with Gasteiger partial charge in [0, 0.05) is 6.42 Å². The van der Waals surface area contributed by atoms with Crippen molar-refractivity contribution in [3.05, 3.63) is 0 Å². The molecule has 0 amide bonds. The minimum absolute atomic E-state index is 0.363. The van der Waals surface area contributed by atoms with Crippen LogP contribution in [-0.2, 0) is 4.79 Å². The lowest BCUT2D eigenvalue weighted by molar-refractivity contribution is -0.118. The second-order valence-corrected chi connectivity index (χ2v) is 4.38. The van der Waals surface area contributed by atoms with Gasteiger partial charge >= 0.3 is 0 Å². The number of unbranched alkanes of at least 4 members (excludes halogenated alkanes) is 1. The van der Waals surface area contributed by atoms with E-state index in [1.54, 1.807) is 0 Å². The SMILES string of the molecule is CCCCC(=O)C1CCCS1. The van der Waals surface area contributed by atoms with Gasteiger partial charge in [-0.15, -0.1) is 0 Å². The number of hydrogen-bond donors (Lipinski definition) is 0. The number of Topliss-reactive ketones (excluding diaryl/α,β-unsaturated/α-hetero) is 1. The molecule has 1 aliphatic rings. The summed E-state index contributed by atoms with van der Waals surface area (Å²) in [6.07, 6.45) is 5.41. The standard InChI is InChI=1S/C9H16OS/c1-2-3-5-8(10)9-6-4-7-11-9/h9H,2-7H2,1H3. The van der Waals surface area contributed by atoms with Gasteiger partial charge in [-0.3, -0.25) is 4.79 Å². The van der Waals surface area contributed by atoms with Crippen LogP contribution < -0.4 is 0 Å². The Labute approximate surface area is 72.9 Å². The van der Waals surface area contributed by atoms with E-state index in [1.807, 2.05) is 11.8 Å². The number of ketones is 1. The van der Waals surface area contributed by atoms with Crippen molar-refractivity contribution in [2.24, 2.45) is 0 Å². The van der Waals surface area contributed by atoms with Crippen molar-refractivity contribution in [3.63, 3.8) is 0 Å². The molecule has 64 valence electrons. The zero-order valence-electron chi connectivity index (χ0n) is 7.14. The molecule has 0 bridgehead atoms. The topological polar surface area (TPSA) is 17.1 Å². The molecule has 0 spiro atoms. The summed E-state index contributed by atoms with van der Waals surface area (Å²) in [5.74, 6) is 1.69. The molecular weight excluding hydrogens is 156 g/mol. The van der Waals surface area contributed by atoms with E-state index in [9.17, 15) is 4.79 Å². The molecule has 1 nitrogen and oxygen atoms in total. The first kappa shape index (κ1) is 9.11. The summed E-state index contributed by atoms with van der Waals surface area (Å²) in [6, 6.07) is 0. The number of carbonyl (C=O) groups is 1. The Bertz CT molecular complexity index is 128. The van der Waals surface area contributed by atoms with Gasteiger partial charge in [-0.05, 0) is 25.0 Å². The smallest absolute Gasteiger partial charge is 0.145 e. The van der Waals surface area contributed by atoms with Crippen LogP contribution >= 0.6 is 11.8 Å². The van der Waals surface area contributed by atoms with Crippen LogP contribution in [0.3, 0.4) is 0 Å². The minimum Gasteiger partial charge on any atom is -0.298 e. The van der Waals surface area contributed by atoms with Crippen molar-refractivity contribution in [3.8, 4) is 0 Å².